The molecule has 0 radical (unpaired) electrons. The summed E-state index contributed by atoms with van der Waals surface area (Å²) in [6, 6.07) is 8.31. The standard InChI is InChI=1S/C13H21N3/c1-3-4-8-16(2)11-13-7-5-6-12(9-13)10-15-14/h5-7,9-10H,3-4,8,11,14H2,1-2H3. The lowest BCUT2D eigenvalue weighted by atomic mass is 10.1. The first kappa shape index (κ1) is 12.7. The predicted octanol–water partition coefficient (Wildman–Crippen LogP) is 2.21. The fourth-order valence-electron chi connectivity index (χ4n) is 1.68. The summed E-state index contributed by atoms with van der Waals surface area (Å²) in [6.07, 6.45) is 4.17. The van der Waals surface area contributed by atoms with Gasteiger partial charge in [0, 0.05) is 6.54 Å². The van der Waals surface area contributed by atoms with Crippen LogP contribution in [0.3, 0.4) is 0 Å². The summed E-state index contributed by atoms with van der Waals surface area (Å²) < 4.78 is 0. The van der Waals surface area contributed by atoms with Crippen LogP contribution in [0.15, 0.2) is 29.4 Å². The van der Waals surface area contributed by atoms with E-state index in [2.05, 4.69) is 36.1 Å². The summed E-state index contributed by atoms with van der Waals surface area (Å²) >= 11 is 0. The molecular weight excluding hydrogens is 198 g/mol. The summed E-state index contributed by atoms with van der Waals surface area (Å²) in [5.41, 5.74) is 2.36. The van der Waals surface area contributed by atoms with Gasteiger partial charge in [0.05, 0.1) is 6.21 Å². The fraction of sp³-hybridized carbons (Fsp3) is 0.462. The van der Waals surface area contributed by atoms with E-state index in [0.717, 1.165) is 18.7 Å². The van der Waals surface area contributed by atoms with Crippen LogP contribution in [0.4, 0.5) is 0 Å². The summed E-state index contributed by atoms with van der Waals surface area (Å²) in [5, 5.41) is 3.54. The van der Waals surface area contributed by atoms with Gasteiger partial charge in [-0.1, -0.05) is 31.5 Å². The molecule has 0 unspecified atom stereocenters. The SMILES string of the molecule is CCCCN(C)Cc1cccc(C=NN)c1. The molecule has 0 atom stereocenters. The van der Waals surface area contributed by atoms with Gasteiger partial charge in [0.15, 0.2) is 0 Å². The van der Waals surface area contributed by atoms with Crippen molar-refractivity contribution in [2.75, 3.05) is 13.6 Å². The molecule has 0 aliphatic heterocycles. The maximum Gasteiger partial charge on any atom is 0.0538 e. The van der Waals surface area contributed by atoms with E-state index in [0.29, 0.717) is 0 Å². The second-order valence-electron chi connectivity index (χ2n) is 4.11. The van der Waals surface area contributed by atoms with E-state index in [-0.39, 0.29) is 0 Å². The van der Waals surface area contributed by atoms with Crippen molar-refractivity contribution >= 4 is 6.21 Å². The van der Waals surface area contributed by atoms with Crippen LogP contribution < -0.4 is 5.84 Å². The highest BCUT2D eigenvalue weighted by Crippen LogP contribution is 2.06. The van der Waals surface area contributed by atoms with Gasteiger partial charge in [0.2, 0.25) is 0 Å². The predicted molar refractivity (Wildman–Crippen MR) is 69.5 cm³/mol. The minimum Gasteiger partial charge on any atom is -0.323 e. The maximum absolute atomic E-state index is 5.14. The monoisotopic (exact) mass is 219 g/mol. The first-order valence-electron chi connectivity index (χ1n) is 5.77. The van der Waals surface area contributed by atoms with E-state index in [1.54, 1.807) is 6.21 Å². The molecule has 0 spiro atoms. The quantitative estimate of drug-likeness (QED) is 0.453. The molecule has 0 aliphatic rings. The van der Waals surface area contributed by atoms with Crippen LogP contribution in [0.5, 0.6) is 0 Å². The number of hydrogen-bond acceptors (Lipinski definition) is 3. The Kier molecular flexibility index (Phi) is 5.57. The van der Waals surface area contributed by atoms with Crippen molar-refractivity contribution in [3.8, 4) is 0 Å². The third-order valence-corrected chi connectivity index (χ3v) is 2.52. The first-order chi connectivity index (χ1) is 7.76. The van der Waals surface area contributed by atoms with Crippen LogP contribution in [0.2, 0.25) is 0 Å². The molecule has 0 heterocycles. The molecule has 0 saturated heterocycles. The Bertz CT molecular complexity index is 334. The molecule has 0 fully saturated rings. The second kappa shape index (κ2) is 7.01. The minimum atomic E-state index is 0.978. The molecule has 0 bridgehead atoms. The number of rotatable bonds is 6. The zero-order chi connectivity index (χ0) is 11.8. The van der Waals surface area contributed by atoms with Crippen molar-refractivity contribution < 1.29 is 0 Å². The highest BCUT2D eigenvalue weighted by atomic mass is 15.1. The van der Waals surface area contributed by atoms with Crippen LogP contribution >= 0.6 is 0 Å². The Morgan fingerprint density at radius 3 is 2.94 bits per heavy atom. The van der Waals surface area contributed by atoms with Gasteiger partial charge in [-0.2, -0.15) is 5.10 Å². The highest BCUT2D eigenvalue weighted by Gasteiger charge is 2.00. The first-order valence-corrected chi connectivity index (χ1v) is 5.77. The molecule has 1 aromatic carbocycles. The van der Waals surface area contributed by atoms with Crippen molar-refractivity contribution in [2.24, 2.45) is 10.9 Å². The molecule has 16 heavy (non-hydrogen) atoms. The number of hydrogen-bond donors (Lipinski definition) is 1. The van der Waals surface area contributed by atoms with Crippen LogP contribution in [0.25, 0.3) is 0 Å². The van der Waals surface area contributed by atoms with Gasteiger partial charge < -0.3 is 10.7 Å². The Hall–Kier alpha value is -1.35. The number of nitrogens with two attached hydrogens (primary N) is 1. The van der Waals surface area contributed by atoms with Crippen molar-refractivity contribution in [1.29, 1.82) is 0 Å². The minimum absolute atomic E-state index is 0.978. The second-order valence-corrected chi connectivity index (χ2v) is 4.11. The number of unbranched alkanes of at least 4 members (excludes halogenated alkanes) is 1. The summed E-state index contributed by atoms with van der Waals surface area (Å²) in [4.78, 5) is 2.34. The van der Waals surface area contributed by atoms with Gasteiger partial charge in [-0.3, -0.25) is 0 Å². The average molecular weight is 219 g/mol. The lowest BCUT2D eigenvalue weighted by Gasteiger charge is -2.16. The summed E-state index contributed by atoms with van der Waals surface area (Å²) in [5.74, 6) is 5.14. The largest absolute Gasteiger partial charge is 0.323 e. The smallest absolute Gasteiger partial charge is 0.0538 e. The van der Waals surface area contributed by atoms with Gasteiger partial charge in [-0.05, 0) is 37.2 Å². The van der Waals surface area contributed by atoms with E-state index in [9.17, 15) is 0 Å². The Morgan fingerprint density at radius 1 is 1.44 bits per heavy atom. The Balaban J connectivity index is 2.55. The topological polar surface area (TPSA) is 41.6 Å². The van der Waals surface area contributed by atoms with Crippen LogP contribution in [-0.2, 0) is 6.54 Å². The molecule has 0 aromatic heterocycles. The van der Waals surface area contributed by atoms with Crippen LogP contribution in [-0.4, -0.2) is 24.7 Å². The fourth-order valence-corrected chi connectivity index (χ4v) is 1.68. The van der Waals surface area contributed by atoms with Crippen LogP contribution in [0.1, 0.15) is 30.9 Å². The number of hydrazone groups is 1. The van der Waals surface area contributed by atoms with E-state index >= 15 is 0 Å². The molecule has 3 heteroatoms. The van der Waals surface area contributed by atoms with Gasteiger partial charge >= 0.3 is 0 Å². The Labute approximate surface area is 98.0 Å². The third-order valence-electron chi connectivity index (χ3n) is 2.52. The van der Waals surface area contributed by atoms with Gasteiger partial charge in [0.25, 0.3) is 0 Å². The van der Waals surface area contributed by atoms with E-state index < -0.39 is 0 Å². The maximum atomic E-state index is 5.14. The molecule has 1 rings (SSSR count). The van der Waals surface area contributed by atoms with Gasteiger partial charge in [-0.25, -0.2) is 0 Å². The number of nitrogens with zero attached hydrogens (tertiary/aromatic N) is 2. The van der Waals surface area contributed by atoms with Crippen molar-refractivity contribution in [3.05, 3.63) is 35.4 Å². The molecule has 88 valence electrons. The van der Waals surface area contributed by atoms with Crippen molar-refractivity contribution in [2.45, 2.75) is 26.3 Å². The normalized spacial score (nSPS) is 11.4. The lowest BCUT2D eigenvalue weighted by molar-refractivity contribution is 0.321. The molecule has 1 aromatic rings. The van der Waals surface area contributed by atoms with Gasteiger partial charge in [-0.15, -0.1) is 0 Å². The molecule has 0 amide bonds. The zero-order valence-electron chi connectivity index (χ0n) is 10.2. The molecule has 3 nitrogen and oxygen atoms in total. The molecule has 2 N–H and O–H groups in total. The third kappa shape index (κ3) is 4.45. The molecule has 0 aliphatic carbocycles. The van der Waals surface area contributed by atoms with E-state index in [4.69, 9.17) is 5.84 Å². The highest BCUT2D eigenvalue weighted by molar-refractivity contribution is 5.79. The van der Waals surface area contributed by atoms with E-state index in [1.807, 2.05) is 12.1 Å². The summed E-state index contributed by atoms with van der Waals surface area (Å²) in [6.45, 7) is 4.34. The van der Waals surface area contributed by atoms with E-state index in [1.165, 1.54) is 18.4 Å². The lowest BCUT2D eigenvalue weighted by Crippen LogP contribution is -2.18. The van der Waals surface area contributed by atoms with Crippen molar-refractivity contribution in [3.63, 3.8) is 0 Å². The van der Waals surface area contributed by atoms with Crippen molar-refractivity contribution in [1.82, 2.24) is 4.90 Å². The average Bonchev–Trinajstić information content (AvgIpc) is 2.27. The Morgan fingerprint density at radius 2 is 2.25 bits per heavy atom. The summed E-state index contributed by atoms with van der Waals surface area (Å²) in [7, 11) is 2.15. The van der Waals surface area contributed by atoms with Gasteiger partial charge in [0.1, 0.15) is 0 Å². The number of benzene rings is 1. The molecular formula is C13H21N3. The van der Waals surface area contributed by atoms with Crippen LogP contribution in [0, 0.1) is 0 Å². The molecule has 0 saturated carbocycles. The zero-order valence-corrected chi connectivity index (χ0v) is 10.2.